The van der Waals surface area contributed by atoms with Gasteiger partial charge in [-0.15, -0.1) is 0 Å². The number of hydrogen-bond acceptors (Lipinski definition) is 5. The number of carbonyl (C=O) groups is 1. The Morgan fingerprint density at radius 2 is 2.04 bits per heavy atom. The van der Waals surface area contributed by atoms with Crippen molar-refractivity contribution in [3.8, 4) is 0 Å². The number of aryl methyl sites for hydroxylation is 2. The molecule has 0 atom stereocenters. The van der Waals surface area contributed by atoms with Crippen molar-refractivity contribution in [3.05, 3.63) is 23.1 Å². The lowest BCUT2D eigenvalue weighted by molar-refractivity contribution is -0.113. The third-order valence-corrected chi connectivity index (χ3v) is 5.17. The largest absolute Gasteiger partial charge is 0.383 e. The first-order valence-corrected chi connectivity index (χ1v) is 9.62. The number of thioether (sulfide) groups is 1. The Morgan fingerprint density at radius 3 is 2.62 bits per heavy atom. The number of anilines is 1. The molecule has 2 aromatic rings. The smallest absolute Gasteiger partial charge is 0.235 e. The normalized spacial score (nSPS) is 11.8. The van der Waals surface area contributed by atoms with E-state index in [4.69, 9.17) is 4.74 Å². The van der Waals surface area contributed by atoms with Gasteiger partial charge in [-0.3, -0.25) is 9.48 Å². The molecule has 26 heavy (non-hydrogen) atoms. The van der Waals surface area contributed by atoms with E-state index in [-0.39, 0.29) is 11.3 Å². The van der Waals surface area contributed by atoms with E-state index in [1.54, 1.807) is 11.8 Å². The van der Waals surface area contributed by atoms with Crippen molar-refractivity contribution in [2.75, 3.05) is 24.8 Å². The lowest BCUT2D eigenvalue weighted by Crippen LogP contribution is -2.17. The number of ether oxygens (including phenoxy) is 1. The van der Waals surface area contributed by atoms with Crippen molar-refractivity contribution in [2.24, 2.45) is 7.05 Å². The minimum Gasteiger partial charge on any atom is -0.383 e. The van der Waals surface area contributed by atoms with Crippen LogP contribution in [0.25, 0.3) is 0 Å². The summed E-state index contributed by atoms with van der Waals surface area (Å²) < 4.78 is 8.97. The molecule has 7 nitrogen and oxygen atoms in total. The second-order valence-corrected chi connectivity index (χ2v) is 8.28. The Morgan fingerprint density at radius 1 is 1.35 bits per heavy atom. The van der Waals surface area contributed by atoms with Crippen LogP contribution in [0.3, 0.4) is 0 Å². The fraction of sp³-hybridized carbons (Fsp3) is 0.611. The molecule has 0 saturated heterocycles. The third-order valence-electron chi connectivity index (χ3n) is 4.19. The van der Waals surface area contributed by atoms with Crippen LogP contribution in [0.5, 0.6) is 0 Å². The van der Waals surface area contributed by atoms with Crippen LogP contribution in [0.4, 0.5) is 5.82 Å². The zero-order chi connectivity index (χ0) is 19.5. The predicted octanol–water partition coefficient (Wildman–Crippen LogP) is 2.91. The van der Waals surface area contributed by atoms with Crippen LogP contribution in [0.2, 0.25) is 0 Å². The summed E-state index contributed by atoms with van der Waals surface area (Å²) in [5.41, 5.74) is 2.97. The van der Waals surface area contributed by atoms with Crippen molar-refractivity contribution in [3.63, 3.8) is 0 Å². The molecule has 2 aromatic heterocycles. The number of aromatic nitrogens is 4. The van der Waals surface area contributed by atoms with Crippen molar-refractivity contribution in [2.45, 2.75) is 51.7 Å². The molecule has 0 aliphatic carbocycles. The molecule has 0 aromatic carbocycles. The van der Waals surface area contributed by atoms with Gasteiger partial charge in [0.1, 0.15) is 5.82 Å². The van der Waals surface area contributed by atoms with Gasteiger partial charge in [-0.2, -0.15) is 5.10 Å². The fourth-order valence-corrected chi connectivity index (χ4v) is 3.36. The average Bonchev–Trinajstić information content (AvgIpc) is 3.05. The second-order valence-electron chi connectivity index (χ2n) is 7.33. The summed E-state index contributed by atoms with van der Waals surface area (Å²) in [7, 11) is 3.52. The third kappa shape index (κ3) is 4.88. The highest BCUT2D eigenvalue weighted by Crippen LogP contribution is 2.24. The molecule has 1 N–H and O–H groups in total. The van der Waals surface area contributed by atoms with Gasteiger partial charge in [0.15, 0.2) is 5.16 Å². The van der Waals surface area contributed by atoms with E-state index in [1.807, 2.05) is 27.0 Å². The van der Waals surface area contributed by atoms with Gasteiger partial charge in [0.25, 0.3) is 0 Å². The molecule has 1 amide bonds. The van der Waals surface area contributed by atoms with Crippen LogP contribution >= 0.6 is 11.8 Å². The van der Waals surface area contributed by atoms with E-state index >= 15 is 0 Å². The van der Waals surface area contributed by atoms with Gasteiger partial charge in [-0.25, -0.2) is 4.98 Å². The van der Waals surface area contributed by atoms with Crippen LogP contribution < -0.4 is 5.32 Å². The van der Waals surface area contributed by atoms with Gasteiger partial charge >= 0.3 is 0 Å². The molecule has 0 fully saturated rings. The first-order chi connectivity index (χ1) is 12.1. The van der Waals surface area contributed by atoms with Crippen molar-refractivity contribution >= 4 is 23.5 Å². The van der Waals surface area contributed by atoms with Crippen molar-refractivity contribution in [1.82, 2.24) is 19.3 Å². The average molecular weight is 380 g/mol. The summed E-state index contributed by atoms with van der Waals surface area (Å²) in [6, 6.07) is 1.93. The Balaban J connectivity index is 2.02. The summed E-state index contributed by atoms with van der Waals surface area (Å²) in [6.45, 7) is 11.6. The Bertz CT molecular complexity index is 773. The van der Waals surface area contributed by atoms with Gasteiger partial charge in [0, 0.05) is 37.9 Å². The van der Waals surface area contributed by atoms with E-state index in [1.165, 1.54) is 11.8 Å². The number of nitrogens with zero attached hydrogens (tertiary/aromatic N) is 4. The van der Waals surface area contributed by atoms with E-state index in [0.717, 1.165) is 28.8 Å². The molecule has 0 spiro atoms. The minimum absolute atomic E-state index is 0.0589. The molecule has 0 aliphatic heterocycles. The molecule has 0 aliphatic rings. The zero-order valence-corrected chi connectivity index (χ0v) is 17.5. The number of methoxy groups -OCH3 is 1. The fourth-order valence-electron chi connectivity index (χ4n) is 2.44. The monoisotopic (exact) mass is 379 g/mol. The molecule has 2 rings (SSSR count). The van der Waals surface area contributed by atoms with E-state index in [9.17, 15) is 4.79 Å². The summed E-state index contributed by atoms with van der Waals surface area (Å²) in [5.74, 6) is 0.921. The molecule has 0 saturated carbocycles. The van der Waals surface area contributed by atoms with Gasteiger partial charge in [0.05, 0.1) is 23.7 Å². The summed E-state index contributed by atoms with van der Waals surface area (Å²) >= 11 is 1.43. The van der Waals surface area contributed by atoms with E-state index < -0.39 is 0 Å². The SMILES string of the molecule is COCCn1c(SCC(=O)Nc2cc(C(C)(C)C)nn2C)nc(C)c1C. The molecule has 2 heterocycles. The number of nitrogens with one attached hydrogen (secondary N) is 1. The topological polar surface area (TPSA) is 74.0 Å². The van der Waals surface area contributed by atoms with Crippen molar-refractivity contribution in [1.29, 1.82) is 0 Å². The number of carbonyl (C=O) groups excluding carboxylic acids is 1. The highest BCUT2D eigenvalue weighted by Gasteiger charge is 2.20. The summed E-state index contributed by atoms with van der Waals surface area (Å²) in [5, 5.41) is 8.26. The highest BCUT2D eigenvalue weighted by atomic mass is 32.2. The number of hydrogen-bond donors (Lipinski definition) is 1. The Hall–Kier alpha value is -1.80. The Labute approximate surface area is 159 Å². The molecule has 0 radical (unpaired) electrons. The number of rotatable bonds is 7. The van der Waals surface area contributed by atoms with Crippen LogP contribution in [0, 0.1) is 13.8 Å². The molecule has 0 unspecified atom stereocenters. The van der Waals surface area contributed by atoms with Crippen molar-refractivity contribution < 1.29 is 9.53 Å². The first-order valence-electron chi connectivity index (χ1n) is 8.63. The van der Waals surface area contributed by atoms with E-state index in [0.29, 0.717) is 18.2 Å². The Kier molecular flexibility index (Phi) is 6.52. The maximum atomic E-state index is 12.4. The predicted molar refractivity (Wildman–Crippen MR) is 105 cm³/mol. The maximum Gasteiger partial charge on any atom is 0.235 e. The van der Waals surface area contributed by atoms with Gasteiger partial charge in [-0.1, -0.05) is 32.5 Å². The van der Waals surface area contributed by atoms with E-state index in [2.05, 4.69) is 40.7 Å². The van der Waals surface area contributed by atoms with Crippen LogP contribution in [-0.2, 0) is 28.5 Å². The first kappa shape index (κ1) is 20.5. The molecule has 0 bridgehead atoms. The summed E-state index contributed by atoms with van der Waals surface area (Å²) in [4.78, 5) is 16.9. The molecule has 144 valence electrons. The molecular weight excluding hydrogens is 350 g/mol. The maximum absolute atomic E-state index is 12.4. The molecular formula is C18H29N5O2S. The zero-order valence-electron chi connectivity index (χ0n) is 16.7. The lowest BCUT2D eigenvalue weighted by Gasteiger charge is -2.13. The van der Waals surface area contributed by atoms with Crippen LogP contribution in [0.15, 0.2) is 11.2 Å². The lowest BCUT2D eigenvalue weighted by atomic mass is 9.92. The standard InChI is InChI=1S/C18H29N5O2S/c1-12-13(2)23(8-9-25-7)17(19-12)26-11-16(24)20-15-10-14(18(3,4)5)21-22(15)6/h10H,8-9,11H2,1-7H3,(H,20,24). The summed E-state index contributed by atoms with van der Waals surface area (Å²) in [6.07, 6.45) is 0. The number of amides is 1. The van der Waals surface area contributed by atoms with Gasteiger partial charge in [-0.05, 0) is 13.8 Å². The molecule has 8 heteroatoms. The minimum atomic E-state index is -0.0740. The number of imidazole rings is 1. The quantitative estimate of drug-likeness (QED) is 0.749. The van der Waals surface area contributed by atoms with Gasteiger partial charge in [0.2, 0.25) is 5.91 Å². The second kappa shape index (κ2) is 8.26. The van der Waals surface area contributed by atoms with Crippen LogP contribution in [0.1, 0.15) is 37.9 Å². The van der Waals surface area contributed by atoms with Gasteiger partial charge < -0.3 is 14.6 Å². The highest BCUT2D eigenvalue weighted by molar-refractivity contribution is 7.99. The van der Waals surface area contributed by atoms with Crippen LogP contribution in [-0.4, -0.2) is 44.7 Å².